The third kappa shape index (κ3) is 3.41. The lowest BCUT2D eigenvalue weighted by Crippen LogP contribution is -2.10. The average molecular weight is 371 g/mol. The van der Waals surface area contributed by atoms with E-state index in [9.17, 15) is 26.1 Å². The molecule has 0 amide bonds. The first-order valence-electron chi connectivity index (χ1n) is 6.05. The minimum atomic E-state index is -4.83. The second-order valence-corrected chi connectivity index (χ2v) is 6.24. The van der Waals surface area contributed by atoms with E-state index in [1.807, 2.05) is 0 Å². The highest BCUT2D eigenvalue weighted by molar-refractivity contribution is 7.85. The Labute approximate surface area is 133 Å². The van der Waals surface area contributed by atoms with Crippen LogP contribution in [0.4, 0.5) is 19.1 Å². The summed E-state index contributed by atoms with van der Waals surface area (Å²) in [6.45, 7) is 1.62. The number of aromatic nitrogens is 3. The van der Waals surface area contributed by atoms with E-state index in [0.717, 1.165) is 6.07 Å². The molecule has 0 radical (unpaired) electrons. The van der Waals surface area contributed by atoms with Gasteiger partial charge in [0.15, 0.2) is 0 Å². The highest BCUT2D eigenvalue weighted by Crippen LogP contribution is 2.32. The predicted octanol–water partition coefficient (Wildman–Crippen LogP) is 2.33. The number of aryl methyl sites for hydroxylation is 1. The first-order valence-corrected chi connectivity index (χ1v) is 7.87. The Hall–Kier alpha value is -1.85. The first kappa shape index (κ1) is 17.5. The van der Waals surface area contributed by atoms with Crippen LogP contribution in [0.25, 0.3) is 5.69 Å². The molecule has 1 heterocycles. The Balaban J connectivity index is 2.72. The molecule has 0 bridgehead atoms. The molecule has 0 aliphatic carbocycles. The van der Waals surface area contributed by atoms with Crippen LogP contribution in [0.15, 0.2) is 17.0 Å². The van der Waals surface area contributed by atoms with Crippen LogP contribution < -0.4 is 5.73 Å². The van der Waals surface area contributed by atoms with Crippen LogP contribution >= 0.6 is 11.6 Å². The van der Waals surface area contributed by atoms with Gasteiger partial charge in [0, 0.05) is 0 Å². The molecule has 0 spiro atoms. The molecule has 0 unspecified atom stereocenters. The van der Waals surface area contributed by atoms with E-state index in [4.69, 9.17) is 17.3 Å². The van der Waals surface area contributed by atoms with E-state index in [0.29, 0.717) is 4.68 Å². The number of nitrogens with two attached hydrogens (primary N) is 1. The first-order chi connectivity index (χ1) is 10.4. The fraction of sp³-hybridized carbons (Fsp3) is 0.273. The third-order valence-corrected chi connectivity index (χ3v) is 4.14. The summed E-state index contributed by atoms with van der Waals surface area (Å²) in [6, 6.07) is 2.09. The van der Waals surface area contributed by atoms with Gasteiger partial charge in [0.25, 0.3) is 15.9 Å². The molecule has 0 saturated heterocycles. The summed E-state index contributed by atoms with van der Waals surface area (Å²) >= 11 is 5.96. The number of hydrogen-bond donors (Lipinski definition) is 2. The standard InChI is InChI=1S/C11H10ClF3N4O3S/c1-2-5-3-6(12)7(4-8(5)23(20,21)22)19-10(16)17-9(18-19)11(13,14)15/h3-4H,2H2,1H3,(H2,16,17,18)(H,20,21,22). The Morgan fingerprint density at radius 1 is 1.39 bits per heavy atom. The normalized spacial score (nSPS) is 12.6. The number of nitrogens with zero attached hydrogens (tertiary/aromatic N) is 3. The number of hydrogen-bond acceptors (Lipinski definition) is 5. The molecule has 2 rings (SSSR count). The third-order valence-electron chi connectivity index (χ3n) is 2.90. The van der Waals surface area contributed by atoms with Crippen molar-refractivity contribution in [3.63, 3.8) is 0 Å². The minimum absolute atomic E-state index is 0.0976. The van der Waals surface area contributed by atoms with Crippen LogP contribution in [0, 0.1) is 0 Å². The predicted molar refractivity (Wildman–Crippen MR) is 75.0 cm³/mol. The van der Waals surface area contributed by atoms with Crippen molar-refractivity contribution in [2.45, 2.75) is 24.4 Å². The van der Waals surface area contributed by atoms with E-state index >= 15 is 0 Å². The zero-order valence-electron chi connectivity index (χ0n) is 11.5. The van der Waals surface area contributed by atoms with Gasteiger partial charge in [-0.3, -0.25) is 4.55 Å². The SMILES string of the molecule is CCc1cc(Cl)c(-n2nc(C(F)(F)F)nc2N)cc1S(=O)(=O)O. The van der Waals surface area contributed by atoms with Crippen molar-refractivity contribution in [1.29, 1.82) is 0 Å². The fourth-order valence-corrected chi connectivity index (χ4v) is 2.95. The maximum Gasteiger partial charge on any atom is 0.453 e. The van der Waals surface area contributed by atoms with Gasteiger partial charge in [-0.15, -0.1) is 5.10 Å². The number of halogens is 4. The van der Waals surface area contributed by atoms with Crippen LogP contribution in [0.1, 0.15) is 18.3 Å². The van der Waals surface area contributed by atoms with Gasteiger partial charge in [-0.1, -0.05) is 18.5 Å². The van der Waals surface area contributed by atoms with E-state index in [1.54, 1.807) is 6.92 Å². The summed E-state index contributed by atoms with van der Waals surface area (Å²) in [5.41, 5.74) is 5.33. The summed E-state index contributed by atoms with van der Waals surface area (Å²) in [5, 5.41) is 3.09. The number of benzene rings is 1. The molecular weight excluding hydrogens is 361 g/mol. The average Bonchev–Trinajstić information content (AvgIpc) is 2.79. The van der Waals surface area contributed by atoms with E-state index < -0.39 is 33.0 Å². The van der Waals surface area contributed by atoms with Gasteiger partial charge in [0.1, 0.15) is 0 Å². The van der Waals surface area contributed by atoms with Gasteiger partial charge < -0.3 is 5.73 Å². The van der Waals surface area contributed by atoms with Gasteiger partial charge in [0.2, 0.25) is 5.95 Å². The topological polar surface area (TPSA) is 111 Å². The second kappa shape index (κ2) is 5.65. The molecule has 126 valence electrons. The summed E-state index contributed by atoms with van der Waals surface area (Å²) in [6.07, 6.45) is -4.61. The quantitative estimate of drug-likeness (QED) is 0.802. The summed E-state index contributed by atoms with van der Waals surface area (Å²) in [5.74, 6) is -2.14. The van der Waals surface area contributed by atoms with E-state index in [-0.39, 0.29) is 22.7 Å². The van der Waals surface area contributed by atoms with Gasteiger partial charge >= 0.3 is 6.18 Å². The molecule has 1 aromatic carbocycles. The molecule has 0 aliphatic heterocycles. The molecule has 0 saturated carbocycles. The van der Waals surface area contributed by atoms with Crippen molar-refractivity contribution in [1.82, 2.24) is 14.8 Å². The lowest BCUT2D eigenvalue weighted by molar-refractivity contribution is -0.144. The highest BCUT2D eigenvalue weighted by Gasteiger charge is 2.37. The Bertz CT molecular complexity index is 864. The molecule has 2 aromatic rings. The molecule has 1 aromatic heterocycles. The molecule has 7 nitrogen and oxygen atoms in total. The van der Waals surface area contributed by atoms with Crippen LogP contribution in [0.5, 0.6) is 0 Å². The van der Waals surface area contributed by atoms with E-state index in [1.165, 1.54) is 6.07 Å². The maximum atomic E-state index is 12.6. The lowest BCUT2D eigenvalue weighted by atomic mass is 10.1. The van der Waals surface area contributed by atoms with E-state index in [2.05, 4.69) is 10.1 Å². The summed E-state index contributed by atoms with van der Waals surface area (Å²) in [4.78, 5) is 2.57. The van der Waals surface area contributed by atoms with Gasteiger partial charge in [-0.25, -0.2) is 0 Å². The Morgan fingerprint density at radius 2 is 2.00 bits per heavy atom. The zero-order chi connectivity index (χ0) is 17.6. The molecule has 0 atom stereocenters. The summed E-state index contributed by atoms with van der Waals surface area (Å²) in [7, 11) is -4.61. The fourth-order valence-electron chi connectivity index (χ4n) is 1.88. The van der Waals surface area contributed by atoms with Crippen LogP contribution in [-0.2, 0) is 22.7 Å². The van der Waals surface area contributed by atoms with Gasteiger partial charge in [0.05, 0.1) is 15.6 Å². The number of anilines is 1. The molecular formula is C11H10ClF3N4O3S. The van der Waals surface area contributed by atoms with Gasteiger partial charge in [-0.2, -0.15) is 31.3 Å². The monoisotopic (exact) mass is 370 g/mol. The molecule has 0 fully saturated rings. The summed E-state index contributed by atoms with van der Waals surface area (Å²) < 4.78 is 70.5. The highest BCUT2D eigenvalue weighted by atomic mass is 35.5. The maximum absolute atomic E-state index is 12.6. The lowest BCUT2D eigenvalue weighted by Gasteiger charge is -2.11. The van der Waals surface area contributed by atoms with Crippen molar-refractivity contribution >= 4 is 27.7 Å². The molecule has 23 heavy (non-hydrogen) atoms. The van der Waals surface area contributed by atoms with Crippen LogP contribution in [-0.4, -0.2) is 27.7 Å². The van der Waals surface area contributed by atoms with Crippen molar-refractivity contribution in [3.8, 4) is 5.69 Å². The number of rotatable bonds is 3. The Kier molecular flexibility index (Phi) is 4.30. The second-order valence-electron chi connectivity index (χ2n) is 4.44. The van der Waals surface area contributed by atoms with Crippen molar-refractivity contribution in [3.05, 3.63) is 28.5 Å². The zero-order valence-corrected chi connectivity index (χ0v) is 13.0. The van der Waals surface area contributed by atoms with Crippen LogP contribution in [0.3, 0.4) is 0 Å². The Morgan fingerprint density at radius 3 is 2.43 bits per heavy atom. The smallest absolute Gasteiger partial charge is 0.368 e. The van der Waals surface area contributed by atoms with Crippen LogP contribution in [0.2, 0.25) is 5.02 Å². The minimum Gasteiger partial charge on any atom is -0.368 e. The number of nitrogen functional groups attached to an aromatic ring is 1. The molecule has 0 aliphatic rings. The molecule has 3 N–H and O–H groups in total. The van der Waals surface area contributed by atoms with Crippen molar-refractivity contribution in [2.75, 3.05) is 5.73 Å². The largest absolute Gasteiger partial charge is 0.453 e. The van der Waals surface area contributed by atoms with Crippen molar-refractivity contribution in [2.24, 2.45) is 0 Å². The molecule has 12 heteroatoms. The van der Waals surface area contributed by atoms with Crippen molar-refractivity contribution < 1.29 is 26.1 Å². The van der Waals surface area contributed by atoms with Gasteiger partial charge in [-0.05, 0) is 24.1 Å². The number of alkyl halides is 3.